The van der Waals surface area contributed by atoms with Crippen LogP contribution in [0.1, 0.15) is 12.5 Å². The van der Waals surface area contributed by atoms with E-state index in [2.05, 4.69) is 15.3 Å². The zero-order valence-corrected chi connectivity index (χ0v) is 10.8. The molecule has 18 heavy (non-hydrogen) atoms. The van der Waals surface area contributed by atoms with Crippen LogP contribution in [0, 0.1) is 0 Å². The highest BCUT2D eigenvalue weighted by atomic mass is 35.5. The Morgan fingerprint density at radius 1 is 1.22 bits per heavy atom. The van der Waals surface area contributed by atoms with E-state index in [1.807, 2.05) is 31.2 Å². The van der Waals surface area contributed by atoms with Crippen molar-refractivity contribution in [2.45, 2.75) is 13.5 Å². The molecule has 0 aliphatic heterocycles. The third-order valence-electron chi connectivity index (χ3n) is 2.29. The summed E-state index contributed by atoms with van der Waals surface area (Å²) in [5.74, 6) is 1.13. The van der Waals surface area contributed by atoms with Crippen LogP contribution in [0.15, 0.2) is 36.5 Å². The van der Waals surface area contributed by atoms with Gasteiger partial charge in [0.15, 0.2) is 0 Å². The third kappa shape index (κ3) is 3.60. The molecule has 94 valence electrons. The first-order chi connectivity index (χ1) is 8.78. The van der Waals surface area contributed by atoms with Crippen LogP contribution >= 0.6 is 11.6 Å². The second kappa shape index (κ2) is 6.21. The van der Waals surface area contributed by atoms with E-state index >= 15 is 0 Å². The molecule has 0 radical (unpaired) electrons. The molecule has 0 atom stereocenters. The van der Waals surface area contributed by atoms with Crippen LogP contribution in [-0.2, 0) is 6.54 Å². The number of ether oxygens (including phenoxy) is 1. The predicted molar refractivity (Wildman–Crippen MR) is 72.0 cm³/mol. The van der Waals surface area contributed by atoms with E-state index < -0.39 is 0 Å². The summed E-state index contributed by atoms with van der Waals surface area (Å²) in [5, 5.41) is 3.86. The summed E-state index contributed by atoms with van der Waals surface area (Å²) in [6.45, 7) is 3.16. The molecule has 0 saturated carbocycles. The Labute approximate surface area is 111 Å². The quantitative estimate of drug-likeness (QED) is 0.900. The predicted octanol–water partition coefficient (Wildman–Crippen LogP) is 3.14. The van der Waals surface area contributed by atoms with E-state index in [0.29, 0.717) is 25.0 Å². The smallest absolute Gasteiger partial charge is 0.226 e. The lowest BCUT2D eigenvalue weighted by atomic mass is 10.2. The zero-order chi connectivity index (χ0) is 12.8. The fourth-order valence-electron chi connectivity index (χ4n) is 1.44. The van der Waals surface area contributed by atoms with Gasteiger partial charge in [0.25, 0.3) is 0 Å². The number of rotatable bonds is 5. The van der Waals surface area contributed by atoms with Gasteiger partial charge in [0.1, 0.15) is 0 Å². The highest BCUT2D eigenvalue weighted by molar-refractivity contribution is 6.30. The molecular weight excluding hydrogens is 250 g/mol. The van der Waals surface area contributed by atoms with Gasteiger partial charge < -0.3 is 10.1 Å². The van der Waals surface area contributed by atoms with Crippen molar-refractivity contribution in [3.05, 3.63) is 47.1 Å². The second-order valence-corrected chi connectivity index (χ2v) is 4.07. The van der Waals surface area contributed by atoms with Gasteiger partial charge in [-0.15, -0.1) is 0 Å². The minimum Gasteiger partial charge on any atom is -0.478 e. The lowest BCUT2D eigenvalue weighted by Crippen LogP contribution is -2.04. The third-order valence-corrected chi connectivity index (χ3v) is 2.54. The van der Waals surface area contributed by atoms with Crippen LogP contribution < -0.4 is 10.1 Å². The number of nitrogens with one attached hydrogen (secondary N) is 1. The van der Waals surface area contributed by atoms with Crippen molar-refractivity contribution in [3.8, 4) is 5.88 Å². The minimum absolute atomic E-state index is 0.552. The SMILES string of the molecule is CCOc1ccnc(NCc2ccc(Cl)cc2)n1. The monoisotopic (exact) mass is 263 g/mol. The van der Waals surface area contributed by atoms with Crippen LogP contribution in [0.25, 0.3) is 0 Å². The van der Waals surface area contributed by atoms with Gasteiger partial charge in [-0.1, -0.05) is 23.7 Å². The number of anilines is 1. The Balaban J connectivity index is 1.97. The normalized spacial score (nSPS) is 10.1. The lowest BCUT2D eigenvalue weighted by Gasteiger charge is -2.06. The summed E-state index contributed by atoms with van der Waals surface area (Å²) < 4.78 is 5.31. The molecule has 0 unspecified atom stereocenters. The number of benzene rings is 1. The highest BCUT2D eigenvalue weighted by Gasteiger charge is 1.99. The maximum Gasteiger partial charge on any atom is 0.226 e. The van der Waals surface area contributed by atoms with E-state index in [0.717, 1.165) is 10.6 Å². The molecule has 0 aliphatic rings. The van der Waals surface area contributed by atoms with Crippen molar-refractivity contribution >= 4 is 17.5 Å². The van der Waals surface area contributed by atoms with Crippen molar-refractivity contribution in [2.24, 2.45) is 0 Å². The summed E-state index contributed by atoms with van der Waals surface area (Å²) in [7, 11) is 0. The molecule has 1 heterocycles. The topological polar surface area (TPSA) is 47.0 Å². The van der Waals surface area contributed by atoms with Gasteiger partial charge in [0.05, 0.1) is 6.61 Å². The van der Waals surface area contributed by atoms with Crippen LogP contribution in [-0.4, -0.2) is 16.6 Å². The van der Waals surface area contributed by atoms with Crippen molar-refractivity contribution in [2.75, 3.05) is 11.9 Å². The molecule has 2 rings (SSSR count). The Kier molecular flexibility index (Phi) is 4.36. The molecule has 0 bridgehead atoms. The van der Waals surface area contributed by atoms with E-state index in [9.17, 15) is 0 Å². The van der Waals surface area contributed by atoms with E-state index in [1.165, 1.54) is 0 Å². The molecule has 4 nitrogen and oxygen atoms in total. The van der Waals surface area contributed by atoms with Gasteiger partial charge in [0, 0.05) is 23.8 Å². The maximum atomic E-state index is 5.82. The van der Waals surface area contributed by atoms with Crippen LogP contribution in [0.4, 0.5) is 5.95 Å². The van der Waals surface area contributed by atoms with Crippen molar-refractivity contribution in [3.63, 3.8) is 0 Å². The number of nitrogens with zero attached hydrogens (tertiary/aromatic N) is 2. The molecular formula is C13H14ClN3O. The van der Waals surface area contributed by atoms with Crippen LogP contribution in [0.5, 0.6) is 5.88 Å². The summed E-state index contributed by atoms with van der Waals surface area (Å²) in [6, 6.07) is 9.37. The number of hydrogen-bond donors (Lipinski definition) is 1. The first-order valence-corrected chi connectivity index (χ1v) is 6.10. The van der Waals surface area contributed by atoms with Gasteiger partial charge >= 0.3 is 0 Å². The highest BCUT2D eigenvalue weighted by Crippen LogP contribution is 2.12. The molecule has 0 saturated heterocycles. The van der Waals surface area contributed by atoms with Gasteiger partial charge in [0.2, 0.25) is 11.8 Å². The molecule has 0 aliphatic carbocycles. The minimum atomic E-state index is 0.552. The summed E-state index contributed by atoms with van der Waals surface area (Å²) in [4.78, 5) is 8.35. The zero-order valence-electron chi connectivity index (χ0n) is 10.1. The largest absolute Gasteiger partial charge is 0.478 e. The molecule has 2 aromatic rings. The fraction of sp³-hybridized carbons (Fsp3) is 0.231. The average Bonchev–Trinajstić information content (AvgIpc) is 2.39. The lowest BCUT2D eigenvalue weighted by molar-refractivity contribution is 0.326. The number of hydrogen-bond acceptors (Lipinski definition) is 4. The van der Waals surface area contributed by atoms with Gasteiger partial charge in [-0.25, -0.2) is 4.98 Å². The van der Waals surface area contributed by atoms with Crippen LogP contribution in [0.2, 0.25) is 5.02 Å². The molecule has 1 aromatic carbocycles. The van der Waals surface area contributed by atoms with E-state index in [1.54, 1.807) is 12.3 Å². The average molecular weight is 264 g/mol. The molecule has 1 aromatic heterocycles. The summed E-state index contributed by atoms with van der Waals surface area (Å²) in [5.41, 5.74) is 1.12. The van der Waals surface area contributed by atoms with Gasteiger partial charge in [-0.3, -0.25) is 0 Å². The van der Waals surface area contributed by atoms with Gasteiger partial charge in [-0.05, 0) is 24.6 Å². The van der Waals surface area contributed by atoms with E-state index in [-0.39, 0.29) is 0 Å². The standard InChI is InChI=1S/C13H14ClN3O/c1-2-18-12-7-8-15-13(17-12)16-9-10-3-5-11(14)6-4-10/h3-8H,2,9H2,1H3,(H,15,16,17). The first kappa shape index (κ1) is 12.6. The van der Waals surface area contributed by atoms with Crippen molar-refractivity contribution in [1.29, 1.82) is 0 Å². The fourth-order valence-corrected chi connectivity index (χ4v) is 1.56. The second-order valence-electron chi connectivity index (χ2n) is 3.63. The molecule has 1 N–H and O–H groups in total. The Bertz CT molecular complexity index is 502. The Morgan fingerprint density at radius 2 is 2.00 bits per heavy atom. The maximum absolute atomic E-state index is 5.82. The number of halogens is 1. The number of aromatic nitrogens is 2. The van der Waals surface area contributed by atoms with Crippen LogP contribution in [0.3, 0.4) is 0 Å². The Hall–Kier alpha value is -1.81. The summed E-state index contributed by atoms with van der Waals surface area (Å²) >= 11 is 5.82. The van der Waals surface area contributed by atoms with Crippen molar-refractivity contribution in [1.82, 2.24) is 9.97 Å². The van der Waals surface area contributed by atoms with Crippen molar-refractivity contribution < 1.29 is 4.74 Å². The molecule has 0 spiro atoms. The molecule has 0 amide bonds. The van der Waals surface area contributed by atoms with Gasteiger partial charge in [-0.2, -0.15) is 4.98 Å². The summed E-state index contributed by atoms with van der Waals surface area (Å²) in [6.07, 6.45) is 1.67. The molecule has 5 heteroatoms. The Morgan fingerprint density at radius 3 is 2.72 bits per heavy atom. The van der Waals surface area contributed by atoms with E-state index in [4.69, 9.17) is 16.3 Å². The first-order valence-electron chi connectivity index (χ1n) is 5.72. The molecule has 0 fully saturated rings.